The number of rotatable bonds is 5. The van der Waals surface area contributed by atoms with Gasteiger partial charge in [-0.05, 0) is 36.8 Å². The number of nitrogens with zero attached hydrogens (tertiary/aromatic N) is 1. The number of hydrogen-bond donors (Lipinski definition) is 1. The number of benzene rings is 2. The Morgan fingerprint density at radius 2 is 2.04 bits per heavy atom. The Morgan fingerprint density at radius 1 is 1.30 bits per heavy atom. The fourth-order valence-electron chi connectivity index (χ4n) is 2.28. The lowest BCUT2D eigenvalue weighted by atomic mass is 10.1. The summed E-state index contributed by atoms with van der Waals surface area (Å²) in [5.41, 5.74) is 2.31. The minimum Gasteiger partial charge on any atom is -0.480 e. The number of aliphatic carboxylic acids is 1. The quantitative estimate of drug-likeness (QED) is 0.650. The van der Waals surface area contributed by atoms with E-state index in [-0.39, 0.29) is 0 Å². The van der Waals surface area contributed by atoms with Gasteiger partial charge in [-0.1, -0.05) is 35.8 Å². The van der Waals surface area contributed by atoms with Gasteiger partial charge in [0.1, 0.15) is 10.9 Å². The van der Waals surface area contributed by atoms with Crippen molar-refractivity contribution < 1.29 is 14.4 Å². The maximum atomic E-state index is 11.1. The molecule has 0 aliphatic carbocycles. The van der Waals surface area contributed by atoms with Crippen LogP contribution in [0.1, 0.15) is 13.3 Å². The first kappa shape index (κ1) is 15.9. The van der Waals surface area contributed by atoms with Crippen molar-refractivity contribution in [2.24, 2.45) is 0 Å². The van der Waals surface area contributed by atoms with Crippen molar-refractivity contribution in [3.63, 3.8) is 0 Å². The van der Waals surface area contributed by atoms with Crippen LogP contribution in [0, 0.1) is 0 Å². The first-order chi connectivity index (χ1) is 11.1. The van der Waals surface area contributed by atoms with Gasteiger partial charge in [0, 0.05) is 20.9 Å². The summed E-state index contributed by atoms with van der Waals surface area (Å²) in [4.78, 5) is 12.0. The van der Waals surface area contributed by atoms with E-state index in [0.717, 1.165) is 21.5 Å². The van der Waals surface area contributed by atoms with Gasteiger partial charge in [-0.15, -0.1) is 11.8 Å². The van der Waals surface area contributed by atoms with Gasteiger partial charge in [-0.3, -0.25) is 4.79 Å². The first-order valence-electron chi connectivity index (χ1n) is 7.13. The fraction of sp³-hybridized carbons (Fsp3) is 0.176. The maximum absolute atomic E-state index is 11.1. The Hall–Kier alpha value is -1.98. The van der Waals surface area contributed by atoms with Crippen LogP contribution in [-0.4, -0.2) is 21.5 Å². The molecule has 3 rings (SSSR count). The molecule has 1 atom stereocenters. The highest BCUT2D eigenvalue weighted by Crippen LogP contribution is 2.33. The van der Waals surface area contributed by atoms with E-state index in [9.17, 15) is 4.79 Å². The summed E-state index contributed by atoms with van der Waals surface area (Å²) in [6.07, 6.45) is 0.560. The molecule has 0 amide bonds. The van der Waals surface area contributed by atoms with Gasteiger partial charge >= 0.3 is 5.97 Å². The molecule has 2 aromatic carbocycles. The molecule has 1 N–H and O–H groups in total. The molecule has 6 heteroatoms. The van der Waals surface area contributed by atoms with Crippen molar-refractivity contribution in [2.45, 2.75) is 23.5 Å². The summed E-state index contributed by atoms with van der Waals surface area (Å²) in [7, 11) is 0. The average molecular weight is 348 g/mol. The van der Waals surface area contributed by atoms with E-state index < -0.39 is 11.2 Å². The Labute approximate surface area is 142 Å². The van der Waals surface area contributed by atoms with Crippen LogP contribution in [0.5, 0.6) is 0 Å². The average Bonchev–Trinajstić information content (AvgIpc) is 2.96. The highest BCUT2D eigenvalue weighted by atomic mass is 35.5. The molecule has 0 saturated carbocycles. The predicted molar refractivity (Wildman–Crippen MR) is 92.0 cm³/mol. The second-order valence-corrected chi connectivity index (χ2v) is 6.76. The fourth-order valence-corrected chi connectivity index (χ4v) is 3.32. The number of carboxylic acids is 1. The van der Waals surface area contributed by atoms with E-state index >= 15 is 0 Å². The molecule has 3 aromatic rings. The lowest BCUT2D eigenvalue weighted by molar-refractivity contribution is -0.136. The van der Waals surface area contributed by atoms with Crippen molar-refractivity contribution in [3.8, 4) is 11.3 Å². The minimum atomic E-state index is -0.808. The molecule has 1 aromatic heterocycles. The van der Waals surface area contributed by atoms with E-state index in [1.165, 1.54) is 11.8 Å². The molecule has 0 bridgehead atoms. The van der Waals surface area contributed by atoms with Crippen molar-refractivity contribution >= 4 is 40.3 Å². The van der Waals surface area contributed by atoms with E-state index in [1.54, 1.807) is 12.1 Å². The van der Waals surface area contributed by atoms with Crippen LogP contribution in [-0.2, 0) is 4.79 Å². The third kappa shape index (κ3) is 3.35. The number of aromatic nitrogens is 1. The normalized spacial score (nSPS) is 12.4. The molecule has 0 radical (unpaired) electrons. The third-order valence-corrected chi connectivity index (χ3v) is 5.08. The number of halogens is 1. The monoisotopic (exact) mass is 347 g/mol. The first-order valence-corrected chi connectivity index (χ1v) is 8.39. The summed E-state index contributed by atoms with van der Waals surface area (Å²) in [6.45, 7) is 1.86. The van der Waals surface area contributed by atoms with E-state index in [4.69, 9.17) is 21.2 Å². The van der Waals surface area contributed by atoms with Crippen LogP contribution in [0.25, 0.3) is 22.2 Å². The molecule has 4 nitrogen and oxygen atoms in total. The Bertz CT molecular complexity index is 845. The topological polar surface area (TPSA) is 63.3 Å². The zero-order valence-corrected chi connectivity index (χ0v) is 13.9. The van der Waals surface area contributed by atoms with Crippen LogP contribution >= 0.6 is 23.4 Å². The smallest absolute Gasteiger partial charge is 0.316 e. The molecule has 0 saturated heterocycles. The highest BCUT2D eigenvalue weighted by molar-refractivity contribution is 8.00. The molecular formula is C17H14ClNO3S. The van der Waals surface area contributed by atoms with E-state index in [1.807, 2.05) is 37.3 Å². The van der Waals surface area contributed by atoms with Gasteiger partial charge < -0.3 is 9.63 Å². The molecule has 0 aliphatic rings. The van der Waals surface area contributed by atoms with Crippen LogP contribution < -0.4 is 0 Å². The lowest BCUT2D eigenvalue weighted by Gasteiger charge is -2.08. The van der Waals surface area contributed by atoms with Crippen LogP contribution in [0.2, 0.25) is 5.02 Å². The minimum absolute atomic E-state index is 0.467. The highest BCUT2D eigenvalue weighted by Gasteiger charge is 2.18. The Kier molecular flexibility index (Phi) is 4.59. The van der Waals surface area contributed by atoms with Gasteiger partial charge in [0.2, 0.25) is 0 Å². The summed E-state index contributed by atoms with van der Waals surface area (Å²) < 4.78 is 5.41. The standard InChI is InChI=1S/C17H14ClNO3S/c1-2-15(17(20)21)23-12-7-8-13-14(9-12)22-19-16(13)10-3-5-11(18)6-4-10/h3-9,15H,2H2,1H3,(H,20,21). The lowest BCUT2D eigenvalue weighted by Crippen LogP contribution is -2.14. The number of carboxylic acid groups (broad SMARTS) is 1. The van der Waals surface area contributed by atoms with Crippen molar-refractivity contribution in [2.75, 3.05) is 0 Å². The molecule has 23 heavy (non-hydrogen) atoms. The molecule has 118 valence electrons. The van der Waals surface area contributed by atoms with Crippen LogP contribution in [0.4, 0.5) is 0 Å². The summed E-state index contributed by atoms with van der Waals surface area (Å²) in [5, 5.41) is 14.4. The molecule has 1 heterocycles. The van der Waals surface area contributed by atoms with Crippen molar-refractivity contribution in [3.05, 3.63) is 47.5 Å². The Balaban J connectivity index is 1.94. The Morgan fingerprint density at radius 3 is 2.70 bits per heavy atom. The van der Waals surface area contributed by atoms with Crippen molar-refractivity contribution in [1.82, 2.24) is 5.16 Å². The third-order valence-electron chi connectivity index (χ3n) is 3.49. The molecular weight excluding hydrogens is 334 g/mol. The van der Waals surface area contributed by atoms with Gasteiger partial charge in [0.15, 0.2) is 5.58 Å². The van der Waals surface area contributed by atoms with Crippen LogP contribution in [0.15, 0.2) is 51.9 Å². The molecule has 0 spiro atoms. The largest absolute Gasteiger partial charge is 0.480 e. The van der Waals surface area contributed by atoms with Crippen molar-refractivity contribution in [1.29, 1.82) is 0 Å². The summed E-state index contributed by atoms with van der Waals surface area (Å²) in [5.74, 6) is -0.808. The van der Waals surface area contributed by atoms with Crippen LogP contribution in [0.3, 0.4) is 0 Å². The second kappa shape index (κ2) is 6.64. The number of fused-ring (bicyclic) bond motifs is 1. The SMILES string of the molecule is CCC(Sc1ccc2c(-c3ccc(Cl)cc3)noc2c1)C(=O)O. The van der Waals surface area contributed by atoms with Gasteiger partial charge in [0.05, 0.1) is 0 Å². The van der Waals surface area contributed by atoms with E-state index in [0.29, 0.717) is 17.0 Å². The number of thioether (sulfide) groups is 1. The van der Waals surface area contributed by atoms with Gasteiger partial charge in [0.25, 0.3) is 0 Å². The summed E-state index contributed by atoms with van der Waals surface area (Å²) in [6, 6.07) is 13.0. The second-order valence-electron chi connectivity index (χ2n) is 5.05. The summed E-state index contributed by atoms with van der Waals surface area (Å²) >= 11 is 7.22. The molecule has 0 fully saturated rings. The van der Waals surface area contributed by atoms with Gasteiger partial charge in [-0.25, -0.2) is 0 Å². The van der Waals surface area contributed by atoms with E-state index in [2.05, 4.69) is 5.16 Å². The molecule has 0 aliphatic heterocycles. The number of carbonyl (C=O) groups is 1. The van der Waals surface area contributed by atoms with Gasteiger partial charge in [-0.2, -0.15) is 0 Å². The zero-order chi connectivity index (χ0) is 16.4. The zero-order valence-electron chi connectivity index (χ0n) is 12.3. The number of hydrogen-bond acceptors (Lipinski definition) is 4. The maximum Gasteiger partial charge on any atom is 0.316 e. The molecule has 1 unspecified atom stereocenters. The predicted octanol–water partition coefficient (Wildman–Crippen LogP) is 5.10.